The van der Waals surface area contributed by atoms with Crippen LogP contribution >= 0.6 is 11.6 Å². The quantitative estimate of drug-likeness (QED) is 0.578. The van der Waals surface area contributed by atoms with Gasteiger partial charge in [0.15, 0.2) is 0 Å². The fourth-order valence-corrected chi connectivity index (χ4v) is 3.40. The average Bonchev–Trinajstić information content (AvgIpc) is 2.69. The van der Waals surface area contributed by atoms with Gasteiger partial charge in [-0.05, 0) is 49.1 Å². The molecule has 1 heterocycles. The first kappa shape index (κ1) is 20.8. The summed E-state index contributed by atoms with van der Waals surface area (Å²) >= 11 is 5.79. The van der Waals surface area contributed by atoms with Gasteiger partial charge in [-0.15, -0.1) is 0 Å². The molecular formula is C21H21ClFN3O3. The zero-order valence-corrected chi connectivity index (χ0v) is 16.7. The van der Waals surface area contributed by atoms with Crippen LogP contribution in [0.25, 0.3) is 10.8 Å². The number of amides is 2. The highest BCUT2D eigenvalue weighted by molar-refractivity contribution is 6.31. The number of aliphatic hydroxyl groups excluding tert-OH is 1. The number of aromatic nitrogens is 1. The number of anilines is 1. The summed E-state index contributed by atoms with van der Waals surface area (Å²) in [4.78, 5) is 29.2. The Morgan fingerprint density at radius 3 is 2.59 bits per heavy atom. The third-order valence-corrected chi connectivity index (χ3v) is 4.94. The van der Waals surface area contributed by atoms with Crippen molar-refractivity contribution < 1.29 is 14.3 Å². The number of aromatic amines is 1. The molecule has 0 bridgehead atoms. The van der Waals surface area contributed by atoms with Crippen molar-refractivity contribution >= 4 is 34.1 Å². The van der Waals surface area contributed by atoms with E-state index in [2.05, 4.69) is 10.3 Å². The fraction of sp³-hybridized carbons (Fsp3) is 0.238. The maximum Gasteiger partial charge on any atom is 0.322 e. The Hall–Kier alpha value is -2.90. The highest BCUT2D eigenvalue weighted by Gasteiger charge is 2.25. The van der Waals surface area contributed by atoms with Gasteiger partial charge in [-0.25, -0.2) is 9.18 Å². The third-order valence-electron chi connectivity index (χ3n) is 4.65. The molecule has 0 fully saturated rings. The lowest BCUT2D eigenvalue weighted by Crippen LogP contribution is -2.41. The monoisotopic (exact) mass is 417 g/mol. The first-order valence-electron chi connectivity index (χ1n) is 9.09. The van der Waals surface area contributed by atoms with Crippen LogP contribution in [0.3, 0.4) is 0 Å². The number of nitrogens with one attached hydrogen (secondary N) is 2. The smallest absolute Gasteiger partial charge is 0.322 e. The summed E-state index contributed by atoms with van der Waals surface area (Å²) in [6, 6.07) is 10.0. The molecule has 152 valence electrons. The van der Waals surface area contributed by atoms with Gasteiger partial charge >= 0.3 is 6.03 Å². The van der Waals surface area contributed by atoms with Crippen molar-refractivity contribution in [1.82, 2.24) is 9.88 Å². The number of urea groups is 1. The summed E-state index contributed by atoms with van der Waals surface area (Å²) in [5, 5.41) is 13.7. The lowest BCUT2D eigenvalue weighted by Gasteiger charge is -2.31. The molecule has 3 rings (SSSR count). The Bertz CT molecular complexity index is 1100. The Balaban J connectivity index is 1.96. The molecule has 0 spiro atoms. The number of fused-ring (bicyclic) bond motifs is 1. The summed E-state index contributed by atoms with van der Waals surface area (Å²) in [6.45, 7) is 3.43. The van der Waals surface area contributed by atoms with Gasteiger partial charge in [0.05, 0.1) is 17.2 Å². The second kappa shape index (κ2) is 8.63. The minimum absolute atomic E-state index is 0.0510. The number of aliphatic hydroxyl groups is 1. The van der Waals surface area contributed by atoms with E-state index in [9.17, 15) is 19.1 Å². The second-order valence-corrected chi connectivity index (χ2v) is 7.26. The molecule has 0 saturated heterocycles. The molecule has 0 saturated carbocycles. The maximum atomic E-state index is 13.4. The van der Waals surface area contributed by atoms with Crippen molar-refractivity contribution in [3.05, 3.63) is 75.4 Å². The lowest BCUT2D eigenvalue weighted by atomic mass is 10.0. The summed E-state index contributed by atoms with van der Waals surface area (Å²) in [7, 11) is 0. The largest absolute Gasteiger partial charge is 0.392 e. The number of carbonyl (C=O) groups is 1. The van der Waals surface area contributed by atoms with E-state index >= 15 is 0 Å². The number of rotatable bonds is 5. The van der Waals surface area contributed by atoms with Gasteiger partial charge in [0.25, 0.3) is 5.56 Å². The van der Waals surface area contributed by atoms with E-state index in [1.54, 1.807) is 32.2 Å². The van der Waals surface area contributed by atoms with Crippen LogP contribution in [0.4, 0.5) is 14.9 Å². The highest BCUT2D eigenvalue weighted by atomic mass is 35.5. The van der Waals surface area contributed by atoms with Crippen molar-refractivity contribution in [3.8, 4) is 0 Å². The van der Waals surface area contributed by atoms with Crippen molar-refractivity contribution in [2.24, 2.45) is 0 Å². The molecule has 2 aromatic carbocycles. The Morgan fingerprint density at radius 2 is 1.93 bits per heavy atom. The molecule has 0 aliphatic heterocycles. The molecule has 6 nitrogen and oxygen atoms in total. The highest BCUT2D eigenvalue weighted by Crippen LogP contribution is 2.27. The normalized spacial score (nSPS) is 13.1. The van der Waals surface area contributed by atoms with Crippen LogP contribution in [-0.2, 0) is 0 Å². The van der Waals surface area contributed by atoms with Gasteiger partial charge in [-0.3, -0.25) is 4.79 Å². The Labute approximate surface area is 171 Å². The zero-order chi connectivity index (χ0) is 21.1. The van der Waals surface area contributed by atoms with Gasteiger partial charge in [0.1, 0.15) is 5.82 Å². The van der Waals surface area contributed by atoms with Crippen LogP contribution < -0.4 is 10.9 Å². The van der Waals surface area contributed by atoms with Gasteiger partial charge < -0.3 is 20.3 Å². The number of pyridine rings is 1. The van der Waals surface area contributed by atoms with Gasteiger partial charge in [-0.1, -0.05) is 29.8 Å². The molecule has 1 unspecified atom stereocenters. The molecule has 2 amide bonds. The van der Waals surface area contributed by atoms with Gasteiger partial charge in [-0.2, -0.15) is 0 Å². The first-order valence-corrected chi connectivity index (χ1v) is 9.46. The summed E-state index contributed by atoms with van der Waals surface area (Å²) in [5.41, 5.74) is 0.840. The second-order valence-electron chi connectivity index (χ2n) is 6.86. The predicted molar refractivity (Wildman–Crippen MR) is 112 cm³/mol. The molecule has 0 aliphatic carbocycles. The van der Waals surface area contributed by atoms with E-state index in [1.165, 1.54) is 17.0 Å². The minimum Gasteiger partial charge on any atom is -0.392 e. The standard InChI is InChI=1S/C21H21ClFN3O3/c1-12(27)11-26(21(29)25-14-7-8-19(23)18(22)9-14)13(2)17-10-24-20(28)16-6-4-3-5-15(16)17/h3-10,12-13,27H,11H2,1-2H3,(H,24,28)(H,25,29)/t12-,13?/m0/s1. The van der Waals surface area contributed by atoms with Crippen LogP contribution in [0, 0.1) is 5.82 Å². The molecule has 0 radical (unpaired) electrons. The lowest BCUT2D eigenvalue weighted by molar-refractivity contribution is 0.121. The molecule has 1 aromatic heterocycles. The third kappa shape index (κ3) is 4.58. The predicted octanol–water partition coefficient (Wildman–Crippen LogP) is 4.30. The Kier molecular flexibility index (Phi) is 6.20. The minimum atomic E-state index is -0.783. The molecule has 8 heteroatoms. The van der Waals surface area contributed by atoms with E-state index in [4.69, 9.17) is 11.6 Å². The van der Waals surface area contributed by atoms with Crippen LogP contribution in [-0.4, -0.2) is 33.7 Å². The van der Waals surface area contributed by atoms with Crippen molar-refractivity contribution in [2.45, 2.75) is 26.0 Å². The topological polar surface area (TPSA) is 85.4 Å². The van der Waals surface area contributed by atoms with Crippen molar-refractivity contribution in [3.63, 3.8) is 0 Å². The van der Waals surface area contributed by atoms with Crippen molar-refractivity contribution in [1.29, 1.82) is 0 Å². The number of hydrogen-bond acceptors (Lipinski definition) is 3. The number of benzene rings is 2. The van der Waals surface area contributed by atoms with E-state index in [0.29, 0.717) is 11.1 Å². The van der Waals surface area contributed by atoms with E-state index < -0.39 is 24.0 Å². The number of carbonyl (C=O) groups excluding carboxylic acids is 1. The number of halogens is 2. The SMILES string of the molecule is CC(c1c[nH]c(=O)c2ccccc12)N(C[C@H](C)O)C(=O)Nc1ccc(F)c(Cl)c1. The Morgan fingerprint density at radius 1 is 1.24 bits per heavy atom. The number of nitrogens with zero attached hydrogens (tertiary/aromatic N) is 1. The van der Waals surface area contributed by atoms with Crippen LogP contribution in [0.2, 0.25) is 5.02 Å². The van der Waals surface area contributed by atoms with E-state index in [0.717, 1.165) is 17.0 Å². The number of H-pyrrole nitrogens is 1. The van der Waals surface area contributed by atoms with Crippen LogP contribution in [0.15, 0.2) is 53.5 Å². The van der Waals surface area contributed by atoms with Gasteiger partial charge in [0, 0.05) is 23.8 Å². The molecule has 29 heavy (non-hydrogen) atoms. The molecule has 0 aliphatic rings. The maximum absolute atomic E-state index is 13.4. The van der Waals surface area contributed by atoms with Gasteiger partial charge in [0.2, 0.25) is 0 Å². The van der Waals surface area contributed by atoms with Crippen LogP contribution in [0.5, 0.6) is 0 Å². The molecular weight excluding hydrogens is 397 g/mol. The molecule has 3 aromatic rings. The first-order chi connectivity index (χ1) is 13.8. The van der Waals surface area contributed by atoms with E-state index in [-0.39, 0.29) is 17.1 Å². The van der Waals surface area contributed by atoms with Crippen molar-refractivity contribution in [2.75, 3.05) is 11.9 Å². The number of hydrogen-bond donors (Lipinski definition) is 3. The fourth-order valence-electron chi connectivity index (χ4n) is 3.22. The molecule has 3 N–H and O–H groups in total. The average molecular weight is 418 g/mol. The summed E-state index contributed by atoms with van der Waals surface area (Å²) in [5.74, 6) is -0.585. The zero-order valence-electron chi connectivity index (χ0n) is 15.9. The summed E-state index contributed by atoms with van der Waals surface area (Å²) in [6.07, 6.45) is 0.793. The summed E-state index contributed by atoms with van der Waals surface area (Å²) < 4.78 is 13.4. The molecule has 2 atom stereocenters. The van der Waals surface area contributed by atoms with Crippen LogP contribution in [0.1, 0.15) is 25.5 Å². The van der Waals surface area contributed by atoms with E-state index in [1.807, 2.05) is 12.1 Å².